The SMILES string of the molecule is C[C@@H]1SC(c2ccccc2O)=N[C@H]1[C@H]1S[C@@H](C)[C@](C)(C(=O)O)N1C. The number of carboxylic acids is 1. The highest BCUT2D eigenvalue weighted by Crippen LogP contribution is 2.47. The maximum absolute atomic E-state index is 11.8. The molecular weight excluding hydrogens is 344 g/mol. The summed E-state index contributed by atoms with van der Waals surface area (Å²) >= 11 is 3.32. The number of aromatic hydroxyl groups is 1. The van der Waals surface area contributed by atoms with E-state index in [1.54, 1.807) is 42.6 Å². The fraction of sp³-hybridized carbons (Fsp3) is 0.529. The van der Waals surface area contributed by atoms with Gasteiger partial charge in [-0.25, -0.2) is 0 Å². The van der Waals surface area contributed by atoms with Crippen LogP contribution in [0, 0.1) is 0 Å². The average molecular weight is 367 g/mol. The van der Waals surface area contributed by atoms with Gasteiger partial charge in [-0.15, -0.1) is 23.5 Å². The molecule has 0 radical (unpaired) electrons. The van der Waals surface area contributed by atoms with Gasteiger partial charge in [-0.3, -0.25) is 14.7 Å². The van der Waals surface area contributed by atoms with Gasteiger partial charge < -0.3 is 10.2 Å². The Labute approximate surface area is 150 Å². The highest BCUT2D eigenvalue weighted by molar-refractivity contribution is 8.15. The first-order valence-electron chi connectivity index (χ1n) is 7.91. The third-order valence-corrected chi connectivity index (χ3v) is 8.09. The van der Waals surface area contributed by atoms with Crippen molar-refractivity contribution in [1.29, 1.82) is 0 Å². The van der Waals surface area contributed by atoms with Crippen LogP contribution in [0.5, 0.6) is 5.75 Å². The van der Waals surface area contributed by atoms with Gasteiger partial charge >= 0.3 is 5.97 Å². The van der Waals surface area contributed by atoms with Gasteiger partial charge in [0.1, 0.15) is 16.3 Å². The molecule has 3 rings (SSSR count). The molecule has 7 heteroatoms. The van der Waals surface area contributed by atoms with Crippen LogP contribution in [0.3, 0.4) is 0 Å². The number of nitrogens with zero attached hydrogens (tertiary/aromatic N) is 2. The third kappa shape index (κ3) is 2.62. The molecule has 0 unspecified atom stereocenters. The van der Waals surface area contributed by atoms with E-state index in [9.17, 15) is 15.0 Å². The lowest BCUT2D eigenvalue weighted by atomic mass is 9.96. The molecule has 0 saturated carbocycles. The lowest BCUT2D eigenvalue weighted by molar-refractivity contribution is -0.149. The summed E-state index contributed by atoms with van der Waals surface area (Å²) in [6, 6.07) is 7.20. The van der Waals surface area contributed by atoms with Crippen molar-refractivity contribution in [2.75, 3.05) is 7.05 Å². The number of thioether (sulfide) groups is 2. The standard InChI is InChI=1S/C17H22N2O3S2/c1-9-13(15-19(4)17(3,16(21)22)10(2)24-15)18-14(23-9)11-7-5-6-8-12(11)20/h5-10,13,15,20H,1-4H3,(H,21,22)/t9-,10-,13+,15+,17+/m0/s1. The van der Waals surface area contributed by atoms with E-state index >= 15 is 0 Å². The van der Waals surface area contributed by atoms with Crippen LogP contribution in [-0.2, 0) is 4.79 Å². The van der Waals surface area contributed by atoms with Crippen molar-refractivity contribution in [3.8, 4) is 5.75 Å². The number of phenols is 1. The van der Waals surface area contributed by atoms with E-state index in [0.29, 0.717) is 0 Å². The molecule has 1 aromatic carbocycles. The number of phenolic OH excluding ortho intramolecular Hbond substituents is 1. The van der Waals surface area contributed by atoms with Crippen molar-refractivity contribution in [3.63, 3.8) is 0 Å². The molecule has 1 aromatic rings. The molecule has 2 aliphatic rings. The molecule has 0 amide bonds. The zero-order valence-electron chi connectivity index (χ0n) is 14.1. The summed E-state index contributed by atoms with van der Waals surface area (Å²) in [5.41, 5.74) is -0.149. The van der Waals surface area contributed by atoms with Crippen LogP contribution in [0.2, 0.25) is 0 Å². The van der Waals surface area contributed by atoms with Crippen molar-refractivity contribution in [3.05, 3.63) is 29.8 Å². The second-order valence-corrected chi connectivity index (χ2v) is 9.33. The van der Waals surface area contributed by atoms with E-state index in [1.807, 2.05) is 31.0 Å². The van der Waals surface area contributed by atoms with Crippen LogP contribution in [0.15, 0.2) is 29.3 Å². The van der Waals surface area contributed by atoms with Gasteiger partial charge in [-0.05, 0) is 26.1 Å². The Morgan fingerprint density at radius 1 is 1.33 bits per heavy atom. The molecule has 1 fully saturated rings. The Morgan fingerprint density at radius 3 is 2.58 bits per heavy atom. The quantitative estimate of drug-likeness (QED) is 0.857. The minimum atomic E-state index is -0.896. The summed E-state index contributed by atoms with van der Waals surface area (Å²) in [6.07, 6.45) is 0. The molecule has 2 aliphatic heterocycles. The summed E-state index contributed by atoms with van der Waals surface area (Å²) < 4.78 is 0. The lowest BCUT2D eigenvalue weighted by Crippen LogP contribution is -2.55. The Bertz CT molecular complexity index is 696. The summed E-state index contributed by atoms with van der Waals surface area (Å²) in [5, 5.41) is 20.8. The van der Waals surface area contributed by atoms with Gasteiger partial charge in [0.2, 0.25) is 0 Å². The van der Waals surface area contributed by atoms with Crippen LogP contribution in [0.25, 0.3) is 0 Å². The number of carbonyl (C=O) groups is 1. The van der Waals surface area contributed by atoms with Crippen molar-refractivity contribution >= 4 is 34.5 Å². The number of likely N-dealkylation sites (N-methyl/N-ethyl adjacent to an activating group) is 1. The number of carboxylic acid groups (broad SMARTS) is 1. The summed E-state index contributed by atoms with van der Waals surface area (Å²) in [7, 11) is 1.88. The van der Waals surface area contributed by atoms with E-state index in [0.717, 1.165) is 10.6 Å². The van der Waals surface area contributed by atoms with Crippen LogP contribution in [0.1, 0.15) is 26.3 Å². The second kappa shape index (κ2) is 6.28. The lowest BCUT2D eigenvalue weighted by Gasteiger charge is -2.34. The Hall–Kier alpha value is -1.18. The summed E-state index contributed by atoms with van der Waals surface area (Å²) in [6.45, 7) is 5.87. The number of hydrogen-bond donors (Lipinski definition) is 2. The predicted molar refractivity (Wildman–Crippen MR) is 100 cm³/mol. The molecule has 24 heavy (non-hydrogen) atoms. The van der Waals surface area contributed by atoms with E-state index in [2.05, 4.69) is 6.92 Å². The topological polar surface area (TPSA) is 73.1 Å². The minimum absolute atomic E-state index is 0.00644. The van der Waals surface area contributed by atoms with Gasteiger partial charge in [0, 0.05) is 16.1 Å². The fourth-order valence-electron chi connectivity index (χ4n) is 3.22. The number of hydrogen-bond acceptors (Lipinski definition) is 6. The smallest absolute Gasteiger partial charge is 0.325 e. The molecule has 1 saturated heterocycles. The Kier molecular flexibility index (Phi) is 4.61. The molecule has 2 N–H and O–H groups in total. The predicted octanol–water partition coefficient (Wildman–Crippen LogP) is 2.88. The van der Waals surface area contributed by atoms with Gasteiger partial charge in [0.25, 0.3) is 0 Å². The first-order chi connectivity index (χ1) is 11.3. The highest BCUT2D eigenvalue weighted by Gasteiger charge is 2.55. The Balaban J connectivity index is 1.91. The molecule has 2 heterocycles. The maximum Gasteiger partial charge on any atom is 0.325 e. The minimum Gasteiger partial charge on any atom is -0.507 e. The fourth-order valence-corrected chi connectivity index (χ4v) is 6.31. The van der Waals surface area contributed by atoms with E-state index in [4.69, 9.17) is 4.99 Å². The molecular formula is C17H22N2O3S2. The molecule has 5 atom stereocenters. The van der Waals surface area contributed by atoms with Gasteiger partial charge in [0.15, 0.2) is 0 Å². The van der Waals surface area contributed by atoms with Gasteiger partial charge in [-0.1, -0.05) is 26.0 Å². The van der Waals surface area contributed by atoms with E-state index in [-0.39, 0.29) is 27.7 Å². The number of para-hydroxylation sites is 1. The number of aliphatic imine (C=N–C) groups is 1. The van der Waals surface area contributed by atoms with Crippen molar-refractivity contribution in [2.45, 2.75) is 48.2 Å². The summed E-state index contributed by atoms with van der Waals surface area (Å²) in [4.78, 5) is 18.6. The summed E-state index contributed by atoms with van der Waals surface area (Å²) in [5.74, 6) is -0.566. The number of rotatable bonds is 3. The molecule has 0 aliphatic carbocycles. The molecule has 0 aromatic heterocycles. The zero-order chi connectivity index (χ0) is 17.6. The number of aliphatic carboxylic acids is 1. The Morgan fingerprint density at radius 2 is 2.00 bits per heavy atom. The largest absolute Gasteiger partial charge is 0.507 e. The molecule has 0 spiro atoms. The first-order valence-corrected chi connectivity index (χ1v) is 9.73. The van der Waals surface area contributed by atoms with Crippen molar-refractivity contribution in [1.82, 2.24) is 4.90 Å². The van der Waals surface area contributed by atoms with Crippen LogP contribution in [0.4, 0.5) is 0 Å². The van der Waals surface area contributed by atoms with Crippen molar-refractivity contribution in [2.24, 2.45) is 4.99 Å². The third-order valence-electron chi connectivity index (χ3n) is 5.15. The highest BCUT2D eigenvalue weighted by atomic mass is 32.2. The molecule has 0 bridgehead atoms. The number of benzene rings is 1. The second-order valence-electron chi connectivity index (χ2n) is 6.50. The zero-order valence-corrected chi connectivity index (χ0v) is 15.8. The van der Waals surface area contributed by atoms with Crippen molar-refractivity contribution < 1.29 is 15.0 Å². The van der Waals surface area contributed by atoms with Crippen LogP contribution in [-0.4, -0.2) is 60.6 Å². The normalized spacial score (nSPS) is 36.8. The molecule has 5 nitrogen and oxygen atoms in total. The monoisotopic (exact) mass is 366 g/mol. The first kappa shape index (κ1) is 17.6. The molecule has 130 valence electrons. The van der Waals surface area contributed by atoms with Crippen LogP contribution >= 0.6 is 23.5 Å². The maximum atomic E-state index is 11.8. The van der Waals surface area contributed by atoms with E-state index < -0.39 is 11.5 Å². The van der Waals surface area contributed by atoms with Gasteiger partial charge in [0.05, 0.1) is 11.4 Å². The van der Waals surface area contributed by atoms with Gasteiger partial charge in [-0.2, -0.15) is 0 Å². The average Bonchev–Trinajstić information content (AvgIpc) is 3.01. The van der Waals surface area contributed by atoms with Crippen LogP contribution < -0.4 is 0 Å². The van der Waals surface area contributed by atoms with E-state index in [1.165, 1.54) is 0 Å².